The Morgan fingerprint density at radius 2 is 1.67 bits per heavy atom. The summed E-state index contributed by atoms with van der Waals surface area (Å²) < 4.78 is 0. The molecule has 0 aliphatic rings. The molecule has 2 unspecified atom stereocenters. The minimum absolute atomic E-state index is 0.489. The Morgan fingerprint density at radius 1 is 1.07 bits per heavy atom. The van der Waals surface area contributed by atoms with Crippen molar-refractivity contribution < 1.29 is 0 Å². The Hall–Kier alpha value is -0.820. The van der Waals surface area contributed by atoms with Crippen molar-refractivity contribution in [3.63, 3.8) is 0 Å². The summed E-state index contributed by atoms with van der Waals surface area (Å²) in [6.07, 6.45) is 1.14. The van der Waals surface area contributed by atoms with Gasteiger partial charge in [0.25, 0.3) is 0 Å². The van der Waals surface area contributed by atoms with Crippen molar-refractivity contribution in [2.45, 2.75) is 46.2 Å². The molecule has 0 aliphatic carbocycles. The maximum Gasteiger partial charge on any atom is 0.0320 e. The predicted octanol–water partition coefficient (Wildman–Crippen LogP) is 3.77. The summed E-state index contributed by atoms with van der Waals surface area (Å²) in [4.78, 5) is 0. The van der Waals surface area contributed by atoms with E-state index in [2.05, 4.69) is 63.3 Å². The van der Waals surface area contributed by atoms with Crippen LogP contribution in [0.3, 0.4) is 0 Å². The SMILES string of the molecule is CCC(NC(C)C(C)C)c1ccccc1. The van der Waals surface area contributed by atoms with Gasteiger partial charge in [-0.1, -0.05) is 51.1 Å². The van der Waals surface area contributed by atoms with Crippen molar-refractivity contribution in [1.29, 1.82) is 0 Å². The summed E-state index contributed by atoms with van der Waals surface area (Å²) in [5.74, 6) is 0.683. The zero-order chi connectivity index (χ0) is 11.3. The molecular weight excluding hydrogens is 182 g/mol. The Labute approximate surface area is 93.9 Å². The van der Waals surface area contributed by atoms with E-state index in [9.17, 15) is 0 Å². The first-order chi connectivity index (χ1) is 7.15. The average molecular weight is 205 g/mol. The summed E-state index contributed by atoms with van der Waals surface area (Å²) in [6, 6.07) is 11.8. The molecular formula is C14H23N. The fourth-order valence-electron chi connectivity index (χ4n) is 1.64. The first kappa shape index (κ1) is 12.3. The van der Waals surface area contributed by atoms with E-state index < -0.39 is 0 Å². The maximum absolute atomic E-state index is 3.68. The number of hydrogen-bond acceptors (Lipinski definition) is 1. The molecule has 0 radical (unpaired) electrons. The lowest BCUT2D eigenvalue weighted by atomic mass is 10.0. The van der Waals surface area contributed by atoms with Crippen LogP contribution in [0, 0.1) is 5.92 Å². The van der Waals surface area contributed by atoms with Crippen molar-refractivity contribution >= 4 is 0 Å². The molecule has 1 heteroatoms. The van der Waals surface area contributed by atoms with Crippen LogP contribution in [0.4, 0.5) is 0 Å². The van der Waals surface area contributed by atoms with E-state index >= 15 is 0 Å². The molecule has 0 heterocycles. The van der Waals surface area contributed by atoms with Gasteiger partial charge in [0.2, 0.25) is 0 Å². The van der Waals surface area contributed by atoms with Crippen molar-refractivity contribution in [2.24, 2.45) is 5.92 Å². The average Bonchev–Trinajstić information content (AvgIpc) is 2.26. The molecule has 0 saturated carbocycles. The third-order valence-electron chi connectivity index (χ3n) is 3.07. The number of rotatable bonds is 5. The quantitative estimate of drug-likeness (QED) is 0.771. The molecule has 0 fully saturated rings. The monoisotopic (exact) mass is 205 g/mol. The molecule has 15 heavy (non-hydrogen) atoms. The summed E-state index contributed by atoms with van der Waals surface area (Å²) >= 11 is 0. The standard InChI is InChI=1S/C14H23N/c1-5-14(15-12(4)11(2)3)13-9-7-6-8-10-13/h6-12,14-15H,5H2,1-4H3. The molecule has 1 rings (SSSR count). The highest BCUT2D eigenvalue weighted by Crippen LogP contribution is 2.18. The first-order valence-electron chi connectivity index (χ1n) is 5.96. The van der Waals surface area contributed by atoms with Gasteiger partial charge in [-0.3, -0.25) is 0 Å². The Morgan fingerprint density at radius 3 is 2.13 bits per heavy atom. The zero-order valence-electron chi connectivity index (χ0n) is 10.3. The van der Waals surface area contributed by atoms with Crippen LogP contribution in [0.1, 0.15) is 45.7 Å². The molecule has 1 N–H and O–H groups in total. The third-order valence-corrected chi connectivity index (χ3v) is 3.07. The molecule has 2 atom stereocenters. The van der Waals surface area contributed by atoms with Gasteiger partial charge in [0.05, 0.1) is 0 Å². The second kappa shape index (κ2) is 5.92. The number of hydrogen-bond donors (Lipinski definition) is 1. The predicted molar refractivity (Wildman–Crippen MR) is 66.9 cm³/mol. The lowest BCUT2D eigenvalue weighted by molar-refractivity contribution is 0.370. The molecule has 0 aliphatic heterocycles. The van der Waals surface area contributed by atoms with E-state index in [1.165, 1.54) is 5.56 Å². The highest BCUT2D eigenvalue weighted by molar-refractivity contribution is 5.18. The van der Waals surface area contributed by atoms with E-state index in [0.29, 0.717) is 18.0 Å². The van der Waals surface area contributed by atoms with Crippen LogP contribution in [-0.2, 0) is 0 Å². The van der Waals surface area contributed by atoms with E-state index in [1.807, 2.05) is 0 Å². The molecule has 1 aromatic carbocycles. The van der Waals surface area contributed by atoms with Crippen molar-refractivity contribution in [3.05, 3.63) is 35.9 Å². The highest BCUT2D eigenvalue weighted by atomic mass is 14.9. The molecule has 0 bridgehead atoms. The Bertz CT molecular complexity index is 266. The van der Waals surface area contributed by atoms with E-state index in [0.717, 1.165) is 6.42 Å². The molecule has 84 valence electrons. The smallest absolute Gasteiger partial charge is 0.0320 e. The van der Waals surface area contributed by atoms with Gasteiger partial charge in [0.15, 0.2) is 0 Å². The minimum Gasteiger partial charge on any atom is -0.307 e. The van der Waals surface area contributed by atoms with Crippen molar-refractivity contribution in [3.8, 4) is 0 Å². The second-order valence-electron chi connectivity index (χ2n) is 4.57. The number of nitrogens with one attached hydrogen (secondary N) is 1. The van der Waals surface area contributed by atoms with E-state index in [-0.39, 0.29) is 0 Å². The van der Waals surface area contributed by atoms with Crippen LogP contribution >= 0.6 is 0 Å². The fourth-order valence-corrected chi connectivity index (χ4v) is 1.64. The lowest BCUT2D eigenvalue weighted by Gasteiger charge is -2.25. The van der Waals surface area contributed by atoms with Crippen molar-refractivity contribution in [2.75, 3.05) is 0 Å². The van der Waals surface area contributed by atoms with Crippen LogP contribution in [0.5, 0.6) is 0 Å². The van der Waals surface area contributed by atoms with Crippen LogP contribution < -0.4 is 5.32 Å². The van der Waals surface area contributed by atoms with Crippen LogP contribution in [0.25, 0.3) is 0 Å². The third kappa shape index (κ3) is 3.67. The summed E-state index contributed by atoms with van der Waals surface area (Å²) in [5, 5.41) is 3.68. The van der Waals surface area contributed by atoms with Gasteiger partial charge in [-0.2, -0.15) is 0 Å². The van der Waals surface area contributed by atoms with E-state index in [1.54, 1.807) is 0 Å². The largest absolute Gasteiger partial charge is 0.307 e. The maximum atomic E-state index is 3.68. The van der Waals surface area contributed by atoms with Crippen LogP contribution in [0.2, 0.25) is 0 Å². The van der Waals surface area contributed by atoms with Crippen molar-refractivity contribution in [1.82, 2.24) is 5.32 Å². The topological polar surface area (TPSA) is 12.0 Å². The molecule has 0 amide bonds. The Balaban J connectivity index is 2.65. The summed E-state index contributed by atoms with van der Waals surface area (Å²) in [5.41, 5.74) is 1.40. The van der Waals surface area contributed by atoms with Gasteiger partial charge < -0.3 is 5.32 Å². The molecule has 0 spiro atoms. The number of benzene rings is 1. The molecule has 0 saturated heterocycles. The first-order valence-corrected chi connectivity index (χ1v) is 5.96. The van der Waals surface area contributed by atoms with Gasteiger partial charge in [-0.05, 0) is 24.8 Å². The zero-order valence-corrected chi connectivity index (χ0v) is 10.3. The lowest BCUT2D eigenvalue weighted by Crippen LogP contribution is -2.34. The molecule has 1 aromatic rings. The van der Waals surface area contributed by atoms with Gasteiger partial charge in [-0.25, -0.2) is 0 Å². The van der Waals surface area contributed by atoms with Gasteiger partial charge >= 0.3 is 0 Å². The Kier molecular flexibility index (Phi) is 4.83. The van der Waals surface area contributed by atoms with Gasteiger partial charge in [0, 0.05) is 12.1 Å². The minimum atomic E-state index is 0.489. The fraction of sp³-hybridized carbons (Fsp3) is 0.571. The summed E-state index contributed by atoms with van der Waals surface area (Å²) in [6.45, 7) is 9.01. The van der Waals surface area contributed by atoms with Gasteiger partial charge in [-0.15, -0.1) is 0 Å². The van der Waals surface area contributed by atoms with Crippen LogP contribution in [-0.4, -0.2) is 6.04 Å². The second-order valence-corrected chi connectivity index (χ2v) is 4.57. The molecule has 1 nitrogen and oxygen atoms in total. The normalized spacial score (nSPS) is 15.3. The van der Waals surface area contributed by atoms with Crippen LogP contribution in [0.15, 0.2) is 30.3 Å². The van der Waals surface area contributed by atoms with Gasteiger partial charge in [0.1, 0.15) is 0 Å². The van der Waals surface area contributed by atoms with E-state index in [4.69, 9.17) is 0 Å². The molecule has 0 aromatic heterocycles. The highest BCUT2D eigenvalue weighted by Gasteiger charge is 2.13. The summed E-state index contributed by atoms with van der Waals surface area (Å²) in [7, 11) is 0.